The molecule has 0 unspecified atom stereocenters. The van der Waals surface area contributed by atoms with Crippen LogP contribution in [0.1, 0.15) is 12.0 Å². The third-order valence-electron chi connectivity index (χ3n) is 2.11. The van der Waals surface area contributed by atoms with E-state index in [-0.39, 0.29) is 17.7 Å². The van der Waals surface area contributed by atoms with Crippen molar-refractivity contribution in [3.8, 4) is 5.75 Å². The number of hydrogen-bond donors (Lipinski definition) is 0. The van der Waals surface area contributed by atoms with Crippen LogP contribution < -0.4 is 4.74 Å². The van der Waals surface area contributed by atoms with E-state index in [1.165, 1.54) is 38.5 Å². The van der Waals surface area contributed by atoms with Crippen LogP contribution in [0, 0.1) is 11.6 Å². The number of carbonyl (C=O) groups excluding carboxylic acids is 1. The molecule has 0 aliphatic heterocycles. The van der Waals surface area contributed by atoms with E-state index < -0.39 is 17.6 Å². The summed E-state index contributed by atoms with van der Waals surface area (Å²) < 4.78 is 35.8. The Morgan fingerprint density at radius 3 is 2.59 bits per heavy atom. The van der Waals surface area contributed by atoms with Gasteiger partial charge >= 0.3 is 5.97 Å². The summed E-state index contributed by atoms with van der Waals surface area (Å²) in [5.41, 5.74) is 0.0483. The second-order valence-corrected chi connectivity index (χ2v) is 3.17. The first-order chi connectivity index (χ1) is 8.10. The van der Waals surface area contributed by atoms with Gasteiger partial charge in [0, 0.05) is 5.56 Å². The number of ether oxygens (including phenoxy) is 2. The molecule has 0 radical (unpaired) electrons. The predicted octanol–water partition coefficient (Wildman–Crippen LogP) is 2.55. The number of carbonyl (C=O) groups is 1. The lowest BCUT2D eigenvalue weighted by Gasteiger charge is -2.04. The van der Waals surface area contributed by atoms with E-state index in [2.05, 4.69) is 9.47 Å². The summed E-state index contributed by atoms with van der Waals surface area (Å²) in [7, 11) is 2.51. The molecular formula is C12H12F2O3. The van der Waals surface area contributed by atoms with Crippen molar-refractivity contribution in [2.45, 2.75) is 6.42 Å². The van der Waals surface area contributed by atoms with Crippen molar-refractivity contribution in [1.82, 2.24) is 0 Å². The zero-order valence-electron chi connectivity index (χ0n) is 9.50. The fourth-order valence-electron chi connectivity index (χ4n) is 1.20. The zero-order chi connectivity index (χ0) is 12.8. The van der Waals surface area contributed by atoms with E-state index in [9.17, 15) is 13.6 Å². The molecule has 17 heavy (non-hydrogen) atoms. The molecule has 1 aromatic rings. The highest BCUT2D eigenvalue weighted by Gasteiger charge is 2.11. The molecule has 0 aliphatic carbocycles. The van der Waals surface area contributed by atoms with E-state index >= 15 is 0 Å². The van der Waals surface area contributed by atoms with Gasteiger partial charge in [0.15, 0.2) is 11.6 Å². The lowest BCUT2D eigenvalue weighted by atomic mass is 10.1. The molecule has 1 aromatic carbocycles. The molecule has 0 heterocycles. The van der Waals surface area contributed by atoms with Crippen molar-refractivity contribution < 1.29 is 23.0 Å². The van der Waals surface area contributed by atoms with Crippen molar-refractivity contribution in [2.24, 2.45) is 0 Å². The van der Waals surface area contributed by atoms with Gasteiger partial charge in [-0.25, -0.2) is 4.39 Å². The minimum absolute atomic E-state index is 0.00356. The van der Waals surface area contributed by atoms with Gasteiger partial charge in [-0.2, -0.15) is 4.39 Å². The minimum Gasteiger partial charge on any atom is -0.494 e. The highest BCUT2D eigenvalue weighted by atomic mass is 19.2. The monoisotopic (exact) mass is 242 g/mol. The number of methoxy groups -OCH3 is 2. The molecule has 3 nitrogen and oxygen atoms in total. The van der Waals surface area contributed by atoms with E-state index in [0.717, 1.165) is 0 Å². The summed E-state index contributed by atoms with van der Waals surface area (Å²) in [5, 5.41) is 0. The van der Waals surface area contributed by atoms with Crippen LogP contribution in [0.5, 0.6) is 5.75 Å². The molecule has 0 saturated heterocycles. The molecule has 0 amide bonds. The summed E-state index contributed by atoms with van der Waals surface area (Å²) in [5.74, 6) is -2.67. The Balaban J connectivity index is 2.86. The maximum Gasteiger partial charge on any atom is 0.309 e. The van der Waals surface area contributed by atoms with Crippen molar-refractivity contribution in [3.63, 3.8) is 0 Å². The maximum atomic E-state index is 13.4. The van der Waals surface area contributed by atoms with Crippen LogP contribution in [0.4, 0.5) is 8.78 Å². The molecule has 0 aliphatic rings. The van der Waals surface area contributed by atoms with E-state index in [1.54, 1.807) is 0 Å². The van der Waals surface area contributed by atoms with Crippen LogP contribution in [-0.4, -0.2) is 20.2 Å². The van der Waals surface area contributed by atoms with E-state index in [1.807, 2.05) is 0 Å². The average Bonchev–Trinajstić information content (AvgIpc) is 2.34. The van der Waals surface area contributed by atoms with Crippen molar-refractivity contribution in [1.29, 1.82) is 0 Å². The van der Waals surface area contributed by atoms with Gasteiger partial charge in [-0.1, -0.05) is 12.2 Å². The smallest absolute Gasteiger partial charge is 0.309 e. The van der Waals surface area contributed by atoms with Crippen LogP contribution in [-0.2, 0) is 9.53 Å². The summed E-state index contributed by atoms with van der Waals surface area (Å²) in [6.07, 6.45) is 2.72. The maximum absolute atomic E-state index is 13.4. The molecule has 0 atom stereocenters. The zero-order valence-corrected chi connectivity index (χ0v) is 9.50. The first-order valence-corrected chi connectivity index (χ1v) is 4.85. The summed E-state index contributed by atoms with van der Waals surface area (Å²) in [6, 6.07) is 2.68. The molecule has 0 aromatic heterocycles. The highest BCUT2D eigenvalue weighted by molar-refractivity contribution is 5.72. The van der Waals surface area contributed by atoms with Crippen LogP contribution in [0.15, 0.2) is 18.2 Å². The normalized spacial score (nSPS) is 10.6. The molecule has 0 spiro atoms. The van der Waals surface area contributed by atoms with Crippen molar-refractivity contribution in [3.05, 3.63) is 35.4 Å². The number of benzene rings is 1. The minimum atomic E-state index is -1.05. The third kappa shape index (κ3) is 3.27. The van der Waals surface area contributed by atoms with Gasteiger partial charge in [0.1, 0.15) is 0 Å². The van der Waals surface area contributed by atoms with Gasteiger partial charge in [0.2, 0.25) is 5.82 Å². The quantitative estimate of drug-likeness (QED) is 0.761. The molecule has 0 bridgehead atoms. The molecule has 0 fully saturated rings. The molecule has 5 heteroatoms. The van der Waals surface area contributed by atoms with Crippen LogP contribution in [0.3, 0.4) is 0 Å². The highest BCUT2D eigenvalue weighted by Crippen LogP contribution is 2.23. The Labute approximate surface area is 97.7 Å². The first-order valence-electron chi connectivity index (χ1n) is 4.85. The largest absolute Gasteiger partial charge is 0.494 e. The van der Waals surface area contributed by atoms with Crippen molar-refractivity contribution >= 4 is 12.0 Å². The fraction of sp³-hybridized carbons (Fsp3) is 0.250. The third-order valence-corrected chi connectivity index (χ3v) is 2.11. The fourth-order valence-corrected chi connectivity index (χ4v) is 1.20. The van der Waals surface area contributed by atoms with E-state index in [0.29, 0.717) is 0 Å². The van der Waals surface area contributed by atoms with Gasteiger partial charge < -0.3 is 9.47 Å². The second kappa shape index (κ2) is 5.98. The van der Waals surface area contributed by atoms with Gasteiger partial charge in [0.05, 0.1) is 20.6 Å². The Hall–Kier alpha value is -1.91. The van der Waals surface area contributed by atoms with Crippen LogP contribution >= 0.6 is 0 Å². The lowest BCUT2D eigenvalue weighted by molar-refractivity contribution is -0.139. The topological polar surface area (TPSA) is 35.5 Å². The Morgan fingerprint density at radius 1 is 1.29 bits per heavy atom. The average molecular weight is 242 g/mol. The summed E-state index contributed by atoms with van der Waals surface area (Å²) in [4.78, 5) is 10.8. The molecule has 0 N–H and O–H groups in total. The molecule has 0 saturated carbocycles. The standard InChI is InChI=1S/C12H12F2O3/c1-16-9-7-6-8(11(13)12(9)14)4-3-5-10(15)17-2/h3-4,6-7H,5H2,1-2H3. The summed E-state index contributed by atoms with van der Waals surface area (Å²) in [6.45, 7) is 0. The molecule has 1 rings (SSSR count). The van der Waals surface area contributed by atoms with Gasteiger partial charge in [-0.15, -0.1) is 0 Å². The van der Waals surface area contributed by atoms with Crippen LogP contribution in [0.25, 0.3) is 6.08 Å². The number of hydrogen-bond acceptors (Lipinski definition) is 3. The SMILES string of the molecule is COC(=O)CC=Cc1ccc(OC)c(F)c1F. The Bertz CT molecular complexity index is 442. The second-order valence-electron chi connectivity index (χ2n) is 3.17. The van der Waals surface area contributed by atoms with Gasteiger partial charge in [0.25, 0.3) is 0 Å². The number of esters is 1. The summed E-state index contributed by atoms with van der Waals surface area (Å²) >= 11 is 0. The van der Waals surface area contributed by atoms with Crippen LogP contribution in [0.2, 0.25) is 0 Å². The molecular weight excluding hydrogens is 230 g/mol. The van der Waals surface area contributed by atoms with Crippen molar-refractivity contribution in [2.75, 3.05) is 14.2 Å². The Morgan fingerprint density at radius 2 is 2.00 bits per heavy atom. The predicted molar refractivity (Wildman–Crippen MR) is 58.6 cm³/mol. The lowest BCUT2D eigenvalue weighted by Crippen LogP contribution is -1.97. The van der Waals surface area contributed by atoms with E-state index in [4.69, 9.17) is 0 Å². The number of halogens is 2. The van der Waals surface area contributed by atoms with Gasteiger partial charge in [-0.05, 0) is 12.1 Å². The molecule has 92 valence electrons. The number of rotatable bonds is 4. The first kappa shape index (κ1) is 13.2. The Kier molecular flexibility index (Phi) is 4.63. The van der Waals surface area contributed by atoms with Gasteiger partial charge in [-0.3, -0.25) is 4.79 Å².